The van der Waals surface area contributed by atoms with Gasteiger partial charge in [-0.25, -0.2) is 4.79 Å². The van der Waals surface area contributed by atoms with Gasteiger partial charge in [-0.15, -0.1) is 0 Å². The summed E-state index contributed by atoms with van der Waals surface area (Å²) < 4.78 is 0. The van der Waals surface area contributed by atoms with Crippen molar-refractivity contribution in [1.29, 1.82) is 5.41 Å². The zero-order valence-electron chi connectivity index (χ0n) is 7.42. The van der Waals surface area contributed by atoms with Gasteiger partial charge in [0.15, 0.2) is 5.96 Å². The normalized spacial score (nSPS) is 28.6. The third-order valence-corrected chi connectivity index (χ3v) is 2.08. The minimum atomic E-state index is -1.35. The number of hydrogen-bond donors (Lipinski definition) is 3. The Labute approximate surface area is 75.0 Å². The fourth-order valence-electron chi connectivity index (χ4n) is 1.06. The number of nitrogens with zero attached hydrogens (tertiary/aromatic N) is 1. The van der Waals surface area contributed by atoms with E-state index in [1.54, 1.807) is 0 Å². The molecule has 1 heterocycles. The number of carboxylic acid groups (broad SMARTS) is 1. The molecule has 6 nitrogen and oxygen atoms in total. The number of hydrogen-bond acceptors (Lipinski definition) is 3. The maximum atomic E-state index is 11.2. The number of rotatable bonds is 1. The standard InChI is InChI=1S/C7H11N3O3/c1-7(5(12)13)3-4(11)10(2)6(8)9-7/h3H2,1-2H3,(H2,8,9)(H,12,13)/t7-/m0/s1. The van der Waals surface area contributed by atoms with Crippen molar-refractivity contribution in [2.75, 3.05) is 7.05 Å². The Bertz CT molecular complexity index is 269. The van der Waals surface area contributed by atoms with Gasteiger partial charge in [-0.3, -0.25) is 15.1 Å². The number of aliphatic carboxylic acids is 1. The molecule has 0 radical (unpaired) electrons. The monoisotopic (exact) mass is 185 g/mol. The van der Waals surface area contributed by atoms with E-state index < -0.39 is 11.5 Å². The van der Waals surface area contributed by atoms with Crippen LogP contribution in [0.3, 0.4) is 0 Å². The van der Waals surface area contributed by atoms with Crippen LogP contribution in [0.25, 0.3) is 0 Å². The molecule has 1 fully saturated rings. The highest BCUT2D eigenvalue weighted by molar-refractivity contribution is 6.03. The summed E-state index contributed by atoms with van der Waals surface area (Å²) in [7, 11) is 1.43. The number of guanidine groups is 1. The Morgan fingerprint density at radius 2 is 2.31 bits per heavy atom. The first-order valence-electron chi connectivity index (χ1n) is 3.73. The highest BCUT2D eigenvalue weighted by Crippen LogP contribution is 2.16. The Kier molecular flexibility index (Phi) is 1.99. The summed E-state index contributed by atoms with van der Waals surface area (Å²) in [4.78, 5) is 23.0. The summed E-state index contributed by atoms with van der Waals surface area (Å²) in [5.74, 6) is -1.67. The molecule has 1 rings (SSSR count). The quantitative estimate of drug-likeness (QED) is 0.499. The zero-order valence-corrected chi connectivity index (χ0v) is 7.42. The zero-order chi connectivity index (χ0) is 10.2. The van der Waals surface area contributed by atoms with E-state index in [1.807, 2.05) is 0 Å². The summed E-state index contributed by atoms with van der Waals surface area (Å²) in [5, 5.41) is 18.6. The van der Waals surface area contributed by atoms with Crippen LogP contribution in [0, 0.1) is 5.41 Å². The lowest BCUT2D eigenvalue weighted by Crippen LogP contribution is -2.63. The molecule has 0 aliphatic carbocycles. The van der Waals surface area contributed by atoms with Gasteiger partial charge in [0, 0.05) is 7.05 Å². The predicted octanol–water partition coefficient (Wildman–Crippen LogP) is -0.784. The second-order valence-electron chi connectivity index (χ2n) is 3.24. The Hall–Kier alpha value is -1.59. The van der Waals surface area contributed by atoms with E-state index in [2.05, 4.69) is 5.32 Å². The first-order chi connectivity index (χ1) is 5.87. The van der Waals surface area contributed by atoms with Gasteiger partial charge >= 0.3 is 5.97 Å². The molecule has 1 aliphatic rings. The lowest BCUT2D eigenvalue weighted by Gasteiger charge is -2.35. The fourth-order valence-corrected chi connectivity index (χ4v) is 1.06. The molecule has 0 aromatic rings. The van der Waals surface area contributed by atoms with Gasteiger partial charge in [-0.2, -0.15) is 0 Å². The van der Waals surface area contributed by atoms with Crippen LogP contribution in [0.4, 0.5) is 0 Å². The van der Waals surface area contributed by atoms with Gasteiger partial charge < -0.3 is 10.4 Å². The van der Waals surface area contributed by atoms with Crippen LogP contribution in [0.15, 0.2) is 0 Å². The van der Waals surface area contributed by atoms with Gasteiger partial charge in [0.05, 0.1) is 6.42 Å². The SMILES string of the molecule is CN1C(=N)N[C@](C)(C(=O)O)CC1=O. The smallest absolute Gasteiger partial charge is 0.329 e. The second kappa shape index (κ2) is 2.72. The first-order valence-corrected chi connectivity index (χ1v) is 3.73. The minimum Gasteiger partial charge on any atom is -0.480 e. The molecule has 13 heavy (non-hydrogen) atoms. The second-order valence-corrected chi connectivity index (χ2v) is 3.24. The molecule has 0 spiro atoms. The predicted molar refractivity (Wildman–Crippen MR) is 44.3 cm³/mol. The Balaban J connectivity index is 2.92. The molecule has 6 heteroatoms. The molecule has 72 valence electrons. The summed E-state index contributed by atoms with van der Waals surface area (Å²) in [5.41, 5.74) is -1.35. The molecule has 0 aromatic heterocycles. The number of nitrogens with one attached hydrogen (secondary N) is 2. The highest BCUT2D eigenvalue weighted by atomic mass is 16.4. The van der Waals surface area contributed by atoms with Crippen LogP contribution in [0.1, 0.15) is 13.3 Å². The van der Waals surface area contributed by atoms with Gasteiger partial charge in [-0.1, -0.05) is 0 Å². The van der Waals surface area contributed by atoms with Gasteiger partial charge in [-0.05, 0) is 6.92 Å². The maximum Gasteiger partial charge on any atom is 0.329 e. The van der Waals surface area contributed by atoms with E-state index in [1.165, 1.54) is 14.0 Å². The molecular formula is C7H11N3O3. The van der Waals surface area contributed by atoms with Crippen LogP contribution in [-0.4, -0.2) is 40.4 Å². The van der Waals surface area contributed by atoms with Crippen LogP contribution >= 0.6 is 0 Å². The summed E-state index contributed by atoms with van der Waals surface area (Å²) in [6, 6.07) is 0. The van der Waals surface area contributed by atoms with Crippen molar-refractivity contribution in [3.05, 3.63) is 0 Å². The molecule has 1 saturated heterocycles. The van der Waals surface area contributed by atoms with Crippen LogP contribution in [0.2, 0.25) is 0 Å². The summed E-state index contributed by atoms with van der Waals surface area (Å²) >= 11 is 0. The molecule has 3 N–H and O–H groups in total. The fraction of sp³-hybridized carbons (Fsp3) is 0.571. The molecule has 0 unspecified atom stereocenters. The average Bonchev–Trinajstić information content (AvgIpc) is 2.00. The number of carbonyl (C=O) groups is 2. The van der Waals surface area contributed by atoms with E-state index in [-0.39, 0.29) is 18.3 Å². The number of amides is 1. The van der Waals surface area contributed by atoms with Gasteiger partial charge in [0.1, 0.15) is 5.54 Å². The number of carboxylic acids is 1. The maximum absolute atomic E-state index is 11.2. The lowest BCUT2D eigenvalue weighted by atomic mass is 9.95. The van der Waals surface area contributed by atoms with E-state index in [0.717, 1.165) is 4.90 Å². The van der Waals surface area contributed by atoms with E-state index in [4.69, 9.17) is 10.5 Å². The molecule has 1 atom stereocenters. The Morgan fingerprint density at radius 1 is 1.77 bits per heavy atom. The molecule has 0 bridgehead atoms. The average molecular weight is 185 g/mol. The number of carbonyl (C=O) groups excluding carboxylic acids is 1. The topological polar surface area (TPSA) is 93.5 Å². The van der Waals surface area contributed by atoms with Crippen molar-refractivity contribution < 1.29 is 14.7 Å². The lowest BCUT2D eigenvalue weighted by molar-refractivity contribution is -0.148. The molecule has 1 aliphatic heterocycles. The third-order valence-electron chi connectivity index (χ3n) is 2.08. The van der Waals surface area contributed by atoms with Crippen molar-refractivity contribution in [3.8, 4) is 0 Å². The largest absolute Gasteiger partial charge is 0.480 e. The van der Waals surface area contributed by atoms with Gasteiger partial charge in [0.25, 0.3) is 0 Å². The van der Waals surface area contributed by atoms with E-state index >= 15 is 0 Å². The summed E-state index contributed by atoms with van der Waals surface area (Å²) in [6.07, 6.45) is -0.138. The van der Waals surface area contributed by atoms with Crippen molar-refractivity contribution in [3.63, 3.8) is 0 Å². The third kappa shape index (κ3) is 1.47. The molecule has 1 amide bonds. The molecule has 0 saturated carbocycles. The van der Waals surface area contributed by atoms with E-state index in [9.17, 15) is 9.59 Å². The molecular weight excluding hydrogens is 174 g/mol. The van der Waals surface area contributed by atoms with Crippen molar-refractivity contribution >= 4 is 17.8 Å². The summed E-state index contributed by atoms with van der Waals surface area (Å²) in [6.45, 7) is 1.38. The minimum absolute atomic E-state index is 0.138. The van der Waals surface area contributed by atoms with Crippen LogP contribution in [-0.2, 0) is 9.59 Å². The van der Waals surface area contributed by atoms with E-state index in [0.29, 0.717) is 0 Å². The Morgan fingerprint density at radius 3 is 2.69 bits per heavy atom. The van der Waals surface area contributed by atoms with Crippen molar-refractivity contribution in [1.82, 2.24) is 10.2 Å². The highest BCUT2D eigenvalue weighted by Gasteiger charge is 2.42. The first kappa shape index (κ1) is 9.50. The van der Waals surface area contributed by atoms with Crippen molar-refractivity contribution in [2.45, 2.75) is 18.9 Å². The van der Waals surface area contributed by atoms with Crippen molar-refractivity contribution in [2.24, 2.45) is 0 Å². The van der Waals surface area contributed by atoms with Crippen LogP contribution < -0.4 is 5.32 Å². The van der Waals surface area contributed by atoms with Crippen LogP contribution in [0.5, 0.6) is 0 Å². The molecule has 0 aromatic carbocycles. The van der Waals surface area contributed by atoms with Gasteiger partial charge in [0.2, 0.25) is 5.91 Å².